The van der Waals surface area contributed by atoms with E-state index < -0.39 is 5.60 Å². The monoisotopic (exact) mass is 335 g/mol. The summed E-state index contributed by atoms with van der Waals surface area (Å²) in [6, 6.07) is 5.95. The van der Waals surface area contributed by atoms with Gasteiger partial charge in [-0.1, -0.05) is 13.0 Å². The summed E-state index contributed by atoms with van der Waals surface area (Å²) >= 11 is 0. The van der Waals surface area contributed by atoms with Gasteiger partial charge in [0.25, 0.3) is 0 Å². The van der Waals surface area contributed by atoms with Crippen molar-refractivity contribution in [3.63, 3.8) is 0 Å². The van der Waals surface area contributed by atoms with Gasteiger partial charge in [0.05, 0.1) is 18.9 Å². The summed E-state index contributed by atoms with van der Waals surface area (Å²) in [5, 5.41) is 13.0. The number of rotatable bonds is 2. The van der Waals surface area contributed by atoms with Gasteiger partial charge in [0.15, 0.2) is 0 Å². The number of hydrogen-bond donors (Lipinski definition) is 1. The van der Waals surface area contributed by atoms with E-state index in [1.165, 1.54) is 0 Å². The number of hydrogen-bond acceptors (Lipinski definition) is 5. The van der Waals surface area contributed by atoms with Crippen molar-refractivity contribution in [3.05, 3.63) is 53.7 Å². The fraction of sp³-hybridized carbons (Fsp3) is 0.350. The average Bonchev–Trinajstić information content (AvgIpc) is 2.95. The summed E-state index contributed by atoms with van der Waals surface area (Å²) in [6.07, 6.45) is 5.47. The molecule has 0 aromatic carbocycles. The number of nitrogens with zero attached hydrogens (tertiary/aromatic N) is 3. The van der Waals surface area contributed by atoms with E-state index in [0.29, 0.717) is 13.2 Å². The van der Waals surface area contributed by atoms with Crippen molar-refractivity contribution in [2.45, 2.75) is 26.4 Å². The van der Waals surface area contributed by atoms with Crippen molar-refractivity contribution in [3.8, 4) is 11.3 Å². The van der Waals surface area contributed by atoms with Crippen molar-refractivity contribution >= 4 is 10.8 Å². The molecule has 128 valence electrons. The molecule has 0 spiro atoms. The third kappa shape index (κ3) is 2.60. The highest BCUT2D eigenvalue weighted by molar-refractivity contribution is 5.96. The van der Waals surface area contributed by atoms with Crippen molar-refractivity contribution < 1.29 is 9.84 Å². The molecule has 1 N–H and O–H groups in total. The second kappa shape index (κ2) is 5.86. The van der Waals surface area contributed by atoms with Crippen LogP contribution in [0.1, 0.15) is 23.9 Å². The lowest BCUT2D eigenvalue weighted by molar-refractivity contribution is 0.000546. The summed E-state index contributed by atoms with van der Waals surface area (Å²) in [5.41, 5.74) is 3.56. The predicted octanol–water partition coefficient (Wildman–Crippen LogP) is 3.16. The normalized spacial score (nSPS) is 23.3. The zero-order valence-electron chi connectivity index (χ0n) is 14.7. The third-order valence-electron chi connectivity index (χ3n) is 5.15. The first-order valence-electron chi connectivity index (χ1n) is 8.48. The Morgan fingerprint density at radius 2 is 1.92 bits per heavy atom. The van der Waals surface area contributed by atoms with Crippen LogP contribution in [0.4, 0.5) is 0 Å². The van der Waals surface area contributed by atoms with Gasteiger partial charge in [0.2, 0.25) is 0 Å². The molecule has 1 fully saturated rings. The van der Waals surface area contributed by atoms with Crippen molar-refractivity contribution in [2.24, 2.45) is 5.92 Å². The van der Waals surface area contributed by atoms with Gasteiger partial charge in [-0.2, -0.15) is 0 Å². The minimum absolute atomic E-state index is 0.0516. The molecule has 0 saturated carbocycles. The third-order valence-corrected chi connectivity index (χ3v) is 5.15. The molecule has 25 heavy (non-hydrogen) atoms. The molecule has 4 rings (SSSR count). The van der Waals surface area contributed by atoms with Crippen LogP contribution in [0, 0.1) is 19.8 Å². The Kier molecular flexibility index (Phi) is 3.78. The quantitative estimate of drug-likeness (QED) is 0.779. The van der Waals surface area contributed by atoms with Crippen LogP contribution in [0.15, 0.2) is 36.8 Å². The minimum atomic E-state index is -0.959. The lowest BCUT2D eigenvalue weighted by atomic mass is 9.86. The largest absolute Gasteiger partial charge is 0.382 e. The van der Waals surface area contributed by atoms with Crippen molar-refractivity contribution in [1.82, 2.24) is 15.0 Å². The van der Waals surface area contributed by atoms with Crippen molar-refractivity contribution in [2.75, 3.05) is 13.2 Å². The van der Waals surface area contributed by atoms with E-state index in [2.05, 4.69) is 21.0 Å². The molecule has 0 amide bonds. The van der Waals surface area contributed by atoms with Crippen LogP contribution < -0.4 is 0 Å². The molecular formula is C20H21N3O2. The highest BCUT2D eigenvalue weighted by atomic mass is 16.5. The Bertz CT molecular complexity index is 940. The lowest BCUT2D eigenvalue weighted by Crippen LogP contribution is -2.32. The molecule has 4 heterocycles. The van der Waals surface area contributed by atoms with E-state index in [1.807, 2.05) is 45.3 Å². The molecule has 0 bridgehead atoms. The number of pyridine rings is 3. The fourth-order valence-electron chi connectivity index (χ4n) is 3.42. The Morgan fingerprint density at radius 1 is 1.08 bits per heavy atom. The SMILES string of the molecule is Cc1cc2c(-c3ccc([C@@]4(O)COC[C@@H]4C)cn3)cnc(C)c2cn1. The first-order chi connectivity index (χ1) is 12.0. The number of aliphatic hydroxyl groups is 1. The fourth-order valence-corrected chi connectivity index (χ4v) is 3.42. The maximum Gasteiger partial charge on any atom is 0.119 e. The Labute approximate surface area is 146 Å². The number of ether oxygens (including phenoxy) is 1. The molecular weight excluding hydrogens is 314 g/mol. The Morgan fingerprint density at radius 3 is 2.60 bits per heavy atom. The molecule has 2 atom stereocenters. The summed E-state index contributed by atoms with van der Waals surface area (Å²) in [7, 11) is 0. The zero-order chi connectivity index (χ0) is 17.6. The van der Waals surface area contributed by atoms with Gasteiger partial charge in [0.1, 0.15) is 5.60 Å². The Hall–Kier alpha value is -2.37. The maximum absolute atomic E-state index is 10.9. The first-order valence-corrected chi connectivity index (χ1v) is 8.48. The second-order valence-electron chi connectivity index (χ2n) is 6.90. The van der Waals surface area contributed by atoms with E-state index in [0.717, 1.165) is 39.0 Å². The van der Waals surface area contributed by atoms with Gasteiger partial charge >= 0.3 is 0 Å². The van der Waals surface area contributed by atoms with Crippen LogP contribution in [0.2, 0.25) is 0 Å². The number of aromatic nitrogens is 3. The predicted molar refractivity (Wildman–Crippen MR) is 96.1 cm³/mol. The highest BCUT2D eigenvalue weighted by Crippen LogP contribution is 2.36. The number of aryl methyl sites for hydroxylation is 2. The van der Waals surface area contributed by atoms with Crippen molar-refractivity contribution in [1.29, 1.82) is 0 Å². The van der Waals surface area contributed by atoms with Gasteiger partial charge in [-0.25, -0.2) is 0 Å². The molecule has 0 unspecified atom stereocenters. The summed E-state index contributed by atoms with van der Waals surface area (Å²) in [4.78, 5) is 13.5. The van der Waals surface area contributed by atoms with Gasteiger partial charge in [-0.3, -0.25) is 15.0 Å². The first kappa shape index (κ1) is 16.1. The van der Waals surface area contributed by atoms with Gasteiger partial charge in [-0.15, -0.1) is 0 Å². The standard InChI is InChI=1S/C20H21N3O2/c1-12-10-25-11-20(12,24)15-4-5-19(23-7-15)18-9-22-14(3)17-8-21-13(2)6-16(17)18/h4-9,12,24H,10-11H2,1-3H3/t12-,20+/m0/s1. The summed E-state index contributed by atoms with van der Waals surface area (Å²) < 4.78 is 5.43. The molecule has 5 nitrogen and oxygen atoms in total. The van der Waals surface area contributed by atoms with Gasteiger partial charge in [0, 0.05) is 52.4 Å². The van der Waals surface area contributed by atoms with Crippen LogP contribution in [0.5, 0.6) is 0 Å². The lowest BCUT2D eigenvalue weighted by Gasteiger charge is -2.25. The minimum Gasteiger partial charge on any atom is -0.382 e. The molecule has 1 aliphatic rings. The molecule has 1 aliphatic heterocycles. The zero-order valence-corrected chi connectivity index (χ0v) is 14.7. The molecule has 0 radical (unpaired) electrons. The van der Waals surface area contributed by atoms with Crippen LogP contribution in [-0.2, 0) is 10.3 Å². The molecule has 5 heteroatoms. The Balaban J connectivity index is 1.80. The van der Waals surface area contributed by atoms with Crippen LogP contribution >= 0.6 is 0 Å². The van der Waals surface area contributed by atoms with E-state index in [-0.39, 0.29) is 5.92 Å². The van der Waals surface area contributed by atoms with E-state index in [1.54, 1.807) is 6.20 Å². The molecule has 0 aliphatic carbocycles. The maximum atomic E-state index is 10.9. The van der Waals surface area contributed by atoms with Crippen LogP contribution in [-0.4, -0.2) is 33.3 Å². The molecule has 3 aromatic rings. The van der Waals surface area contributed by atoms with E-state index >= 15 is 0 Å². The smallest absolute Gasteiger partial charge is 0.119 e. The van der Waals surface area contributed by atoms with Crippen LogP contribution in [0.25, 0.3) is 22.0 Å². The average molecular weight is 335 g/mol. The second-order valence-corrected chi connectivity index (χ2v) is 6.90. The van der Waals surface area contributed by atoms with Gasteiger partial charge < -0.3 is 9.84 Å². The van der Waals surface area contributed by atoms with E-state index in [4.69, 9.17) is 4.74 Å². The van der Waals surface area contributed by atoms with Crippen LogP contribution in [0.3, 0.4) is 0 Å². The summed E-state index contributed by atoms with van der Waals surface area (Å²) in [5.74, 6) is 0.0516. The summed E-state index contributed by atoms with van der Waals surface area (Å²) in [6.45, 7) is 6.84. The highest BCUT2D eigenvalue weighted by Gasteiger charge is 2.41. The van der Waals surface area contributed by atoms with E-state index in [9.17, 15) is 5.11 Å². The topological polar surface area (TPSA) is 68.1 Å². The molecule has 1 saturated heterocycles. The number of fused-ring (bicyclic) bond motifs is 1. The van der Waals surface area contributed by atoms with Gasteiger partial charge in [-0.05, 0) is 31.4 Å². The molecule has 3 aromatic heterocycles.